The van der Waals surface area contributed by atoms with Crippen molar-refractivity contribution in [3.63, 3.8) is 0 Å². The number of rotatable bonds is 6. The van der Waals surface area contributed by atoms with E-state index in [0.29, 0.717) is 5.69 Å². The van der Waals surface area contributed by atoms with E-state index in [4.69, 9.17) is 4.84 Å². The van der Waals surface area contributed by atoms with Crippen molar-refractivity contribution in [2.45, 2.75) is 25.0 Å². The first kappa shape index (κ1) is 15.2. The minimum absolute atomic E-state index is 0.167. The van der Waals surface area contributed by atoms with Crippen molar-refractivity contribution in [3.8, 4) is 0 Å². The number of nitrogens with zero attached hydrogens (tertiary/aromatic N) is 1. The number of aliphatic hydroxyl groups excluding tert-OH is 1. The number of hydrogen-bond donors (Lipinski definition) is 2. The van der Waals surface area contributed by atoms with E-state index in [0.717, 1.165) is 23.9 Å². The summed E-state index contributed by atoms with van der Waals surface area (Å²) in [5.41, 5.74) is 0.418. The average Bonchev–Trinajstić information content (AvgIpc) is 2.94. The molecule has 1 saturated heterocycles. The van der Waals surface area contributed by atoms with E-state index >= 15 is 0 Å². The molecule has 1 aromatic rings. The highest BCUT2D eigenvalue weighted by Gasteiger charge is 2.31. The summed E-state index contributed by atoms with van der Waals surface area (Å²) in [6.07, 6.45) is 0.799. The van der Waals surface area contributed by atoms with Crippen LogP contribution in [0.1, 0.15) is 12.8 Å². The molecule has 2 atom stereocenters. The lowest BCUT2D eigenvalue weighted by molar-refractivity contribution is 0.154. The molecule has 0 aliphatic carbocycles. The third-order valence-electron chi connectivity index (χ3n) is 3.33. The Morgan fingerprint density at radius 2 is 2.15 bits per heavy atom. The molecular weight excluding hydrogens is 280 g/mol. The molecule has 20 heavy (non-hydrogen) atoms. The minimum atomic E-state index is -3.74. The molecular formula is C13H20N2O4S. The van der Waals surface area contributed by atoms with E-state index in [-0.39, 0.29) is 11.8 Å². The fourth-order valence-corrected chi connectivity index (χ4v) is 3.84. The van der Waals surface area contributed by atoms with Crippen LogP contribution >= 0.6 is 0 Å². The van der Waals surface area contributed by atoms with Crippen LogP contribution in [0, 0.1) is 0 Å². The predicted molar refractivity (Wildman–Crippen MR) is 76.7 cm³/mol. The fraction of sp³-hybridized carbons (Fsp3) is 0.538. The van der Waals surface area contributed by atoms with Crippen LogP contribution in [0.25, 0.3) is 0 Å². The molecule has 0 radical (unpaired) electrons. The quantitative estimate of drug-likeness (QED) is 0.748. The Kier molecular flexibility index (Phi) is 4.98. The minimum Gasteiger partial charge on any atom is -0.390 e. The molecule has 6 nitrogen and oxygen atoms in total. The van der Waals surface area contributed by atoms with Crippen molar-refractivity contribution in [2.24, 2.45) is 0 Å². The summed E-state index contributed by atoms with van der Waals surface area (Å²) in [5, 5.41) is 13.2. The van der Waals surface area contributed by atoms with Gasteiger partial charge in [-0.05, 0) is 31.5 Å². The van der Waals surface area contributed by atoms with Gasteiger partial charge in [-0.3, -0.25) is 4.84 Å². The van der Waals surface area contributed by atoms with Crippen molar-refractivity contribution in [3.05, 3.63) is 30.3 Å². The van der Waals surface area contributed by atoms with Crippen LogP contribution in [-0.2, 0) is 14.9 Å². The maximum Gasteiger partial charge on any atom is 0.260 e. The number of para-hydroxylation sites is 1. The van der Waals surface area contributed by atoms with Crippen molar-refractivity contribution in [1.82, 2.24) is 5.32 Å². The van der Waals surface area contributed by atoms with E-state index in [1.165, 1.54) is 7.11 Å². The summed E-state index contributed by atoms with van der Waals surface area (Å²) < 4.78 is 25.5. The average molecular weight is 300 g/mol. The molecule has 1 aromatic carbocycles. The highest BCUT2D eigenvalue weighted by atomic mass is 32.2. The molecule has 1 fully saturated rings. The topological polar surface area (TPSA) is 78.9 Å². The second kappa shape index (κ2) is 6.53. The highest BCUT2D eigenvalue weighted by molar-refractivity contribution is 7.92. The molecule has 2 rings (SSSR count). The van der Waals surface area contributed by atoms with E-state index in [1.807, 2.05) is 0 Å². The van der Waals surface area contributed by atoms with Crippen LogP contribution < -0.4 is 9.79 Å². The standard InChI is InChI=1S/C13H20N2O4S/c1-19-15(11-6-3-2-4-7-11)20(17,18)10-13(16)12-8-5-9-14-12/h2-4,6-7,12-14,16H,5,8-10H2,1H3/t12-,13+/m0/s1. The summed E-state index contributed by atoms with van der Waals surface area (Å²) >= 11 is 0. The zero-order valence-corrected chi connectivity index (χ0v) is 12.2. The highest BCUT2D eigenvalue weighted by Crippen LogP contribution is 2.20. The second-order valence-electron chi connectivity index (χ2n) is 4.79. The molecule has 0 unspecified atom stereocenters. The van der Waals surface area contributed by atoms with Crippen LogP contribution in [0.3, 0.4) is 0 Å². The molecule has 1 aliphatic rings. The van der Waals surface area contributed by atoms with Gasteiger partial charge in [0.2, 0.25) is 0 Å². The Labute approximate surface area is 119 Å². The lowest BCUT2D eigenvalue weighted by atomic mass is 10.1. The summed E-state index contributed by atoms with van der Waals surface area (Å²) in [6, 6.07) is 8.36. The number of aliphatic hydroxyl groups is 1. The van der Waals surface area contributed by atoms with Gasteiger partial charge in [0, 0.05) is 6.04 Å². The van der Waals surface area contributed by atoms with Gasteiger partial charge >= 0.3 is 0 Å². The predicted octanol–water partition coefficient (Wildman–Crippen LogP) is 0.497. The van der Waals surface area contributed by atoms with Gasteiger partial charge in [0.15, 0.2) is 0 Å². The summed E-state index contributed by atoms with van der Waals surface area (Å²) in [4.78, 5) is 4.98. The Balaban J connectivity index is 2.11. The Bertz CT molecular complexity index is 514. The van der Waals surface area contributed by atoms with E-state index in [2.05, 4.69) is 5.32 Å². The number of anilines is 1. The first-order valence-electron chi connectivity index (χ1n) is 6.58. The van der Waals surface area contributed by atoms with Crippen LogP contribution in [0.2, 0.25) is 0 Å². The molecule has 1 aliphatic heterocycles. The lowest BCUT2D eigenvalue weighted by Crippen LogP contribution is -2.43. The summed E-state index contributed by atoms with van der Waals surface area (Å²) in [7, 11) is -2.44. The van der Waals surface area contributed by atoms with Gasteiger partial charge in [-0.15, -0.1) is 4.47 Å². The largest absolute Gasteiger partial charge is 0.390 e. The molecule has 2 N–H and O–H groups in total. The Morgan fingerprint density at radius 3 is 2.70 bits per heavy atom. The molecule has 1 heterocycles. The molecule has 7 heteroatoms. The van der Waals surface area contributed by atoms with Gasteiger partial charge in [-0.1, -0.05) is 18.2 Å². The van der Waals surface area contributed by atoms with Gasteiger partial charge in [0.25, 0.3) is 10.0 Å². The molecule has 112 valence electrons. The smallest absolute Gasteiger partial charge is 0.260 e. The SMILES string of the molecule is CON(c1ccccc1)S(=O)(=O)C[C@@H](O)[C@@H]1CCCN1. The molecule has 0 saturated carbocycles. The Hall–Kier alpha value is -1.15. The van der Waals surface area contributed by atoms with Crippen LogP contribution in [0.5, 0.6) is 0 Å². The van der Waals surface area contributed by atoms with Crippen LogP contribution in [-0.4, -0.2) is 45.1 Å². The summed E-state index contributed by atoms with van der Waals surface area (Å²) in [5.74, 6) is -0.368. The Morgan fingerprint density at radius 1 is 1.45 bits per heavy atom. The zero-order chi connectivity index (χ0) is 14.6. The van der Waals surface area contributed by atoms with Gasteiger partial charge < -0.3 is 10.4 Å². The third kappa shape index (κ3) is 3.49. The van der Waals surface area contributed by atoms with Crippen molar-refractivity contribution >= 4 is 15.7 Å². The van der Waals surface area contributed by atoms with Crippen molar-refractivity contribution in [1.29, 1.82) is 0 Å². The monoisotopic (exact) mass is 300 g/mol. The van der Waals surface area contributed by atoms with Crippen LogP contribution in [0.4, 0.5) is 5.69 Å². The number of sulfonamides is 1. The van der Waals surface area contributed by atoms with Gasteiger partial charge in [0.1, 0.15) is 0 Å². The van der Waals surface area contributed by atoms with Crippen LogP contribution in [0.15, 0.2) is 30.3 Å². The molecule has 0 bridgehead atoms. The first-order chi connectivity index (χ1) is 9.54. The number of hydrogen-bond acceptors (Lipinski definition) is 5. The van der Waals surface area contributed by atoms with E-state index < -0.39 is 16.1 Å². The fourth-order valence-electron chi connectivity index (χ4n) is 2.37. The normalized spacial score (nSPS) is 20.8. The molecule has 0 spiro atoms. The first-order valence-corrected chi connectivity index (χ1v) is 8.19. The summed E-state index contributed by atoms with van der Waals surface area (Å²) in [6.45, 7) is 0.814. The lowest BCUT2D eigenvalue weighted by Gasteiger charge is -2.24. The van der Waals surface area contributed by atoms with E-state index in [9.17, 15) is 13.5 Å². The number of nitrogens with one attached hydrogen (secondary N) is 1. The second-order valence-corrected chi connectivity index (χ2v) is 6.62. The maximum atomic E-state index is 12.3. The zero-order valence-electron chi connectivity index (χ0n) is 11.4. The molecule has 0 aromatic heterocycles. The van der Waals surface area contributed by atoms with Gasteiger partial charge in [-0.2, -0.15) is 0 Å². The third-order valence-corrected chi connectivity index (χ3v) is 4.96. The van der Waals surface area contributed by atoms with Crippen molar-refractivity contribution in [2.75, 3.05) is 23.9 Å². The van der Waals surface area contributed by atoms with Gasteiger partial charge in [-0.25, -0.2) is 8.42 Å². The maximum absolute atomic E-state index is 12.3. The van der Waals surface area contributed by atoms with E-state index in [1.54, 1.807) is 30.3 Å². The number of benzene rings is 1. The molecule has 0 amide bonds. The van der Waals surface area contributed by atoms with Gasteiger partial charge in [0.05, 0.1) is 24.7 Å². The van der Waals surface area contributed by atoms with Crippen molar-refractivity contribution < 1.29 is 18.4 Å².